The number of ether oxygens (including phenoxy) is 1. The van der Waals surface area contributed by atoms with Crippen LogP contribution in [-0.4, -0.2) is 56.2 Å². The minimum Gasteiger partial charge on any atom is -0.379 e. The Balaban J connectivity index is 1.36. The summed E-state index contributed by atoms with van der Waals surface area (Å²) in [6.07, 6.45) is 8.95. The van der Waals surface area contributed by atoms with Gasteiger partial charge in [0.15, 0.2) is 0 Å². The van der Waals surface area contributed by atoms with Crippen LogP contribution in [0.25, 0.3) is 11.0 Å². The standard InChI is InChI=1S/C21H29N7O/c1-13(2)6-16-11-28(26-25-16)18-7-14-9-27(10-15(14)8-19(18)29-3)21-17-4-5-22-20(17)23-12-24-21/h4-5,11-15,18-19H,6-10H2,1-3H3,(H,22,23,24)/t14-,15+,18-,19-/m1/s1. The van der Waals surface area contributed by atoms with Crippen LogP contribution in [0.5, 0.6) is 0 Å². The molecule has 0 spiro atoms. The highest BCUT2D eigenvalue weighted by atomic mass is 16.5. The summed E-state index contributed by atoms with van der Waals surface area (Å²) < 4.78 is 7.97. The molecule has 1 aliphatic carbocycles. The summed E-state index contributed by atoms with van der Waals surface area (Å²) in [5.41, 5.74) is 1.97. The van der Waals surface area contributed by atoms with E-state index in [4.69, 9.17) is 4.74 Å². The Morgan fingerprint density at radius 2 is 2.03 bits per heavy atom. The minimum absolute atomic E-state index is 0.169. The van der Waals surface area contributed by atoms with Gasteiger partial charge in [-0.05, 0) is 43.1 Å². The number of H-pyrrole nitrogens is 1. The van der Waals surface area contributed by atoms with Gasteiger partial charge in [-0.1, -0.05) is 19.1 Å². The van der Waals surface area contributed by atoms with Crippen LogP contribution >= 0.6 is 0 Å². The summed E-state index contributed by atoms with van der Waals surface area (Å²) in [6.45, 7) is 6.46. The average Bonchev–Trinajstić information content (AvgIpc) is 3.44. The Bertz CT molecular complexity index is 980. The minimum atomic E-state index is 0.169. The SMILES string of the molecule is CO[C@@H]1C[C@H]2CN(c3ncnc4[nH]ccc34)C[C@H]2C[C@H]1n1cc(CC(C)C)nn1. The first-order valence-electron chi connectivity index (χ1n) is 10.6. The van der Waals surface area contributed by atoms with Crippen LogP contribution in [-0.2, 0) is 11.2 Å². The van der Waals surface area contributed by atoms with E-state index in [1.54, 1.807) is 6.33 Å². The van der Waals surface area contributed by atoms with Crippen LogP contribution in [0, 0.1) is 17.8 Å². The number of nitrogens with zero attached hydrogens (tertiary/aromatic N) is 6. The number of anilines is 1. The highest BCUT2D eigenvalue weighted by Gasteiger charge is 2.44. The van der Waals surface area contributed by atoms with Crippen molar-refractivity contribution in [2.45, 2.75) is 45.3 Å². The predicted octanol–water partition coefficient (Wildman–Crippen LogP) is 2.85. The van der Waals surface area contributed by atoms with Crippen molar-refractivity contribution in [1.29, 1.82) is 0 Å². The molecule has 3 aromatic heterocycles. The number of hydrogen-bond donors (Lipinski definition) is 1. The molecule has 5 rings (SSSR count). The second-order valence-electron chi connectivity index (χ2n) is 8.96. The zero-order valence-corrected chi connectivity index (χ0v) is 17.3. The monoisotopic (exact) mass is 395 g/mol. The Labute approximate surface area is 170 Å². The zero-order valence-electron chi connectivity index (χ0n) is 17.3. The number of nitrogens with one attached hydrogen (secondary N) is 1. The summed E-state index contributed by atoms with van der Waals surface area (Å²) in [5.74, 6) is 2.83. The molecule has 154 valence electrons. The second-order valence-corrected chi connectivity index (χ2v) is 8.96. The molecule has 0 amide bonds. The van der Waals surface area contributed by atoms with Crippen molar-refractivity contribution < 1.29 is 4.74 Å². The Morgan fingerprint density at radius 1 is 1.21 bits per heavy atom. The Morgan fingerprint density at radius 3 is 2.83 bits per heavy atom. The van der Waals surface area contributed by atoms with Crippen molar-refractivity contribution >= 4 is 16.9 Å². The molecule has 8 nitrogen and oxygen atoms in total. The van der Waals surface area contributed by atoms with Crippen molar-refractivity contribution in [3.8, 4) is 0 Å². The number of hydrogen-bond acceptors (Lipinski definition) is 6. The first kappa shape index (κ1) is 18.5. The molecule has 0 aromatic carbocycles. The van der Waals surface area contributed by atoms with Gasteiger partial charge >= 0.3 is 0 Å². The molecule has 0 radical (unpaired) electrons. The fourth-order valence-electron chi connectivity index (χ4n) is 5.19. The highest BCUT2D eigenvalue weighted by Crippen LogP contribution is 2.43. The van der Waals surface area contributed by atoms with Crippen molar-refractivity contribution in [3.05, 3.63) is 30.5 Å². The lowest BCUT2D eigenvalue weighted by molar-refractivity contribution is -0.00542. The van der Waals surface area contributed by atoms with Crippen molar-refractivity contribution in [3.63, 3.8) is 0 Å². The van der Waals surface area contributed by atoms with Gasteiger partial charge in [-0.25, -0.2) is 14.6 Å². The third kappa shape index (κ3) is 3.39. The molecule has 2 aliphatic rings. The van der Waals surface area contributed by atoms with Crippen molar-refractivity contribution in [2.24, 2.45) is 17.8 Å². The summed E-state index contributed by atoms with van der Waals surface area (Å²) in [7, 11) is 1.82. The second kappa shape index (κ2) is 7.40. The maximum absolute atomic E-state index is 5.92. The third-order valence-corrected chi connectivity index (χ3v) is 6.54. The number of fused-ring (bicyclic) bond motifs is 2. The molecule has 29 heavy (non-hydrogen) atoms. The van der Waals surface area contributed by atoms with Gasteiger partial charge in [-0.3, -0.25) is 0 Å². The normalized spacial score (nSPS) is 27.1. The van der Waals surface area contributed by atoms with E-state index in [9.17, 15) is 0 Å². The molecule has 2 fully saturated rings. The molecular formula is C21H29N7O. The van der Waals surface area contributed by atoms with E-state index in [-0.39, 0.29) is 12.1 Å². The quantitative estimate of drug-likeness (QED) is 0.715. The molecule has 4 atom stereocenters. The molecule has 1 saturated carbocycles. The summed E-state index contributed by atoms with van der Waals surface area (Å²) in [4.78, 5) is 14.5. The number of aromatic nitrogens is 6. The van der Waals surface area contributed by atoms with E-state index in [2.05, 4.69) is 61.0 Å². The van der Waals surface area contributed by atoms with Gasteiger partial charge in [0.2, 0.25) is 0 Å². The van der Waals surface area contributed by atoms with E-state index in [1.165, 1.54) is 0 Å². The molecule has 1 saturated heterocycles. The summed E-state index contributed by atoms with van der Waals surface area (Å²) >= 11 is 0. The van der Waals surface area contributed by atoms with Crippen LogP contribution in [0.15, 0.2) is 24.8 Å². The average molecular weight is 396 g/mol. The van der Waals surface area contributed by atoms with Gasteiger partial charge in [0, 0.05) is 32.6 Å². The van der Waals surface area contributed by atoms with Gasteiger partial charge in [0.25, 0.3) is 0 Å². The van der Waals surface area contributed by atoms with E-state index < -0.39 is 0 Å². The Hall–Kier alpha value is -2.48. The lowest BCUT2D eigenvalue weighted by atomic mass is 9.77. The van der Waals surface area contributed by atoms with Gasteiger partial charge in [-0.2, -0.15) is 0 Å². The highest BCUT2D eigenvalue weighted by molar-refractivity contribution is 5.87. The first-order chi connectivity index (χ1) is 14.1. The molecule has 8 heteroatoms. The number of methoxy groups -OCH3 is 1. The van der Waals surface area contributed by atoms with Crippen molar-refractivity contribution in [1.82, 2.24) is 29.9 Å². The molecule has 4 heterocycles. The van der Waals surface area contributed by atoms with Crippen LogP contribution in [0.1, 0.15) is 38.4 Å². The lowest BCUT2D eigenvalue weighted by Crippen LogP contribution is -2.37. The third-order valence-electron chi connectivity index (χ3n) is 6.54. The number of rotatable bonds is 5. The molecule has 1 aliphatic heterocycles. The Kier molecular flexibility index (Phi) is 4.73. The predicted molar refractivity (Wildman–Crippen MR) is 111 cm³/mol. The van der Waals surface area contributed by atoms with Crippen LogP contribution in [0.4, 0.5) is 5.82 Å². The largest absolute Gasteiger partial charge is 0.379 e. The maximum atomic E-state index is 5.92. The zero-order chi connectivity index (χ0) is 20.0. The fraction of sp³-hybridized carbons (Fsp3) is 0.619. The summed E-state index contributed by atoms with van der Waals surface area (Å²) in [6, 6.07) is 2.31. The van der Waals surface area contributed by atoms with Gasteiger partial charge in [-0.15, -0.1) is 5.10 Å². The maximum Gasteiger partial charge on any atom is 0.142 e. The summed E-state index contributed by atoms with van der Waals surface area (Å²) in [5, 5.41) is 9.97. The van der Waals surface area contributed by atoms with E-state index in [1.807, 2.05) is 13.3 Å². The molecule has 1 N–H and O–H groups in total. The van der Waals surface area contributed by atoms with Gasteiger partial charge < -0.3 is 14.6 Å². The first-order valence-corrected chi connectivity index (χ1v) is 10.6. The fourth-order valence-corrected chi connectivity index (χ4v) is 5.19. The van der Waals surface area contributed by atoms with Crippen LogP contribution in [0.2, 0.25) is 0 Å². The van der Waals surface area contributed by atoms with Crippen LogP contribution < -0.4 is 4.90 Å². The molecule has 3 aromatic rings. The van der Waals surface area contributed by atoms with Crippen LogP contribution in [0.3, 0.4) is 0 Å². The van der Waals surface area contributed by atoms with Crippen molar-refractivity contribution in [2.75, 3.05) is 25.1 Å². The molecular weight excluding hydrogens is 366 g/mol. The van der Waals surface area contributed by atoms with E-state index >= 15 is 0 Å². The lowest BCUT2D eigenvalue weighted by Gasteiger charge is -2.36. The van der Waals surface area contributed by atoms with E-state index in [0.29, 0.717) is 17.8 Å². The van der Waals surface area contributed by atoms with E-state index in [0.717, 1.165) is 54.9 Å². The van der Waals surface area contributed by atoms with Gasteiger partial charge in [0.1, 0.15) is 17.8 Å². The topological polar surface area (TPSA) is 84.8 Å². The van der Waals surface area contributed by atoms with Gasteiger partial charge in [0.05, 0.1) is 23.2 Å². The number of aromatic amines is 1. The molecule has 0 bridgehead atoms. The smallest absolute Gasteiger partial charge is 0.142 e. The molecule has 0 unspecified atom stereocenters.